The van der Waals surface area contributed by atoms with Crippen LogP contribution in [0.2, 0.25) is 0 Å². The summed E-state index contributed by atoms with van der Waals surface area (Å²) in [6.45, 7) is 8.16. The minimum Gasteiger partial charge on any atom is -0.385 e. The monoisotopic (exact) mass is 331 g/mol. The first-order valence-corrected chi connectivity index (χ1v) is 7.91. The highest BCUT2D eigenvalue weighted by Gasteiger charge is 2.08. The van der Waals surface area contributed by atoms with Gasteiger partial charge in [-0.15, -0.1) is 0 Å². The van der Waals surface area contributed by atoms with E-state index in [0.29, 0.717) is 5.82 Å². The Morgan fingerprint density at radius 2 is 1.87 bits per heavy atom. The highest BCUT2D eigenvalue weighted by atomic mass is 16.7. The number of aromatic amines is 1. The third-order valence-electron chi connectivity index (χ3n) is 2.64. The molecule has 0 spiro atoms. The summed E-state index contributed by atoms with van der Waals surface area (Å²) in [5, 5.41) is 8.69. The van der Waals surface area contributed by atoms with Crippen molar-refractivity contribution in [3.05, 3.63) is 22.7 Å². The SMILES string of the molecule is CC.CC1OCCO1.Nc1ccnc(=O)[nH]1.OC1CCCCO1. The molecule has 2 aliphatic rings. The lowest BCUT2D eigenvalue weighted by Crippen LogP contribution is -2.17. The van der Waals surface area contributed by atoms with Crippen molar-refractivity contribution >= 4 is 5.82 Å². The number of ether oxygens (including phenoxy) is 3. The fourth-order valence-corrected chi connectivity index (χ4v) is 1.58. The van der Waals surface area contributed by atoms with Gasteiger partial charge in [0.15, 0.2) is 12.6 Å². The van der Waals surface area contributed by atoms with Gasteiger partial charge in [0.25, 0.3) is 0 Å². The molecular weight excluding hydrogens is 302 g/mol. The normalized spacial score (nSPS) is 20.1. The van der Waals surface area contributed by atoms with Gasteiger partial charge in [-0.1, -0.05) is 13.8 Å². The number of nitrogen functional groups attached to an aromatic ring is 1. The van der Waals surface area contributed by atoms with E-state index in [0.717, 1.165) is 39.1 Å². The first-order valence-electron chi connectivity index (χ1n) is 7.91. The van der Waals surface area contributed by atoms with Gasteiger partial charge in [0.05, 0.1) is 13.2 Å². The van der Waals surface area contributed by atoms with Crippen molar-refractivity contribution in [2.24, 2.45) is 0 Å². The van der Waals surface area contributed by atoms with Crippen LogP contribution in [0.15, 0.2) is 17.1 Å². The zero-order valence-corrected chi connectivity index (χ0v) is 14.2. The maximum atomic E-state index is 10.2. The Morgan fingerprint density at radius 3 is 2.13 bits per heavy atom. The molecule has 3 rings (SSSR count). The van der Waals surface area contributed by atoms with Crippen LogP contribution in [0.3, 0.4) is 0 Å². The molecule has 0 amide bonds. The van der Waals surface area contributed by atoms with Crippen LogP contribution in [-0.2, 0) is 14.2 Å². The molecule has 3 heterocycles. The molecule has 1 aromatic heterocycles. The minimum atomic E-state index is -0.464. The highest BCUT2D eigenvalue weighted by Crippen LogP contribution is 2.08. The first-order chi connectivity index (χ1) is 11.1. The lowest BCUT2D eigenvalue weighted by molar-refractivity contribution is -0.123. The highest BCUT2D eigenvalue weighted by molar-refractivity contribution is 5.22. The molecule has 2 aliphatic heterocycles. The Bertz CT molecular complexity index is 429. The van der Waals surface area contributed by atoms with E-state index in [1.54, 1.807) is 0 Å². The lowest BCUT2D eigenvalue weighted by atomic mass is 10.2. The third-order valence-corrected chi connectivity index (χ3v) is 2.64. The molecule has 134 valence electrons. The molecule has 8 heteroatoms. The second-order valence-electron chi connectivity index (χ2n) is 4.46. The van der Waals surface area contributed by atoms with Gasteiger partial charge >= 0.3 is 5.69 Å². The number of anilines is 1. The van der Waals surface area contributed by atoms with Crippen molar-refractivity contribution in [3.63, 3.8) is 0 Å². The van der Waals surface area contributed by atoms with Crippen molar-refractivity contribution in [1.82, 2.24) is 9.97 Å². The molecule has 2 fully saturated rings. The molecule has 1 unspecified atom stereocenters. The van der Waals surface area contributed by atoms with Gasteiger partial charge < -0.3 is 25.1 Å². The van der Waals surface area contributed by atoms with E-state index in [1.807, 2.05) is 20.8 Å². The number of nitrogens with two attached hydrogens (primary N) is 1. The number of nitrogens with zero attached hydrogens (tertiary/aromatic N) is 1. The van der Waals surface area contributed by atoms with Gasteiger partial charge in [0.1, 0.15) is 5.82 Å². The van der Waals surface area contributed by atoms with Crippen LogP contribution in [0.1, 0.15) is 40.0 Å². The molecule has 0 aliphatic carbocycles. The smallest absolute Gasteiger partial charge is 0.346 e. The van der Waals surface area contributed by atoms with Gasteiger partial charge in [0.2, 0.25) is 0 Å². The van der Waals surface area contributed by atoms with Crippen LogP contribution < -0.4 is 11.4 Å². The Kier molecular flexibility index (Phi) is 13.2. The summed E-state index contributed by atoms with van der Waals surface area (Å²) in [6, 6.07) is 1.52. The number of aliphatic hydroxyl groups excluding tert-OH is 1. The summed E-state index contributed by atoms with van der Waals surface area (Å²) in [5.41, 5.74) is 4.75. The van der Waals surface area contributed by atoms with Crippen molar-refractivity contribution in [1.29, 1.82) is 0 Å². The fourth-order valence-electron chi connectivity index (χ4n) is 1.58. The number of hydrogen-bond acceptors (Lipinski definition) is 7. The van der Waals surface area contributed by atoms with E-state index in [1.165, 1.54) is 12.3 Å². The van der Waals surface area contributed by atoms with E-state index in [9.17, 15) is 4.79 Å². The Hall–Kier alpha value is -1.48. The molecular formula is C15H29N3O5. The second kappa shape index (κ2) is 14.1. The topological polar surface area (TPSA) is 120 Å². The minimum absolute atomic E-state index is 0.0463. The van der Waals surface area contributed by atoms with Crippen LogP contribution in [-0.4, -0.2) is 47.5 Å². The maximum Gasteiger partial charge on any atom is 0.346 e. The van der Waals surface area contributed by atoms with Crippen LogP contribution in [0, 0.1) is 0 Å². The predicted octanol–water partition coefficient (Wildman–Crippen LogP) is 1.26. The van der Waals surface area contributed by atoms with Crippen molar-refractivity contribution in [2.75, 3.05) is 25.6 Å². The average Bonchev–Trinajstić information content (AvgIpc) is 3.02. The average molecular weight is 331 g/mol. The number of aromatic nitrogens is 2. The first kappa shape index (κ1) is 21.5. The van der Waals surface area contributed by atoms with Crippen molar-refractivity contribution in [2.45, 2.75) is 52.6 Å². The van der Waals surface area contributed by atoms with Gasteiger partial charge in [-0.25, -0.2) is 9.78 Å². The number of hydrogen-bond donors (Lipinski definition) is 3. The van der Waals surface area contributed by atoms with Gasteiger partial charge in [-0.05, 0) is 32.3 Å². The van der Waals surface area contributed by atoms with Crippen LogP contribution in [0.25, 0.3) is 0 Å². The third kappa shape index (κ3) is 12.7. The van der Waals surface area contributed by atoms with Crippen LogP contribution in [0.4, 0.5) is 5.82 Å². The molecule has 23 heavy (non-hydrogen) atoms. The summed E-state index contributed by atoms with van der Waals surface area (Å²) in [4.78, 5) is 15.9. The Labute approximate surface area is 137 Å². The summed E-state index contributed by atoms with van der Waals surface area (Å²) >= 11 is 0. The number of rotatable bonds is 0. The molecule has 1 atom stereocenters. The molecule has 4 N–H and O–H groups in total. The van der Waals surface area contributed by atoms with E-state index in [-0.39, 0.29) is 6.29 Å². The molecule has 0 radical (unpaired) electrons. The summed E-state index contributed by atoms with van der Waals surface area (Å²) in [5.74, 6) is 0.338. The zero-order valence-electron chi connectivity index (χ0n) is 14.2. The Balaban J connectivity index is 0.000000302. The van der Waals surface area contributed by atoms with E-state index < -0.39 is 12.0 Å². The van der Waals surface area contributed by atoms with Crippen LogP contribution >= 0.6 is 0 Å². The summed E-state index contributed by atoms with van der Waals surface area (Å²) in [7, 11) is 0. The largest absolute Gasteiger partial charge is 0.385 e. The maximum absolute atomic E-state index is 10.2. The quantitative estimate of drug-likeness (QED) is 0.654. The molecule has 0 aromatic carbocycles. The van der Waals surface area contributed by atoms with Crippen molar-refractivity contribution in [3.8, 4) is 0 Å². The Morgan fingerprint density at radius 1 is 1.22 bits per heavy atom. The fraction of sp³-hybridized carbons (Fsp3) is 0.733. The molecule has 2 saturated heterocycles. The summed E-state index contributed by atoms with van der Waals surface area (Å²) in [6.07, 6.45) is 3.98. The zero-order chi connectivity index (χ0) is 17.5. The predicted molar refractivity (Wildman–Crippen MR) is 87.8 cm³/mol. The standard InChI is InChI=1S/C5H10O2.C4H5N3O.C4H8O2.C2H6/c6-5-3-1-2-4-7-5;5-3-1-2-6-4(8)7-3;1-4-5-2-3-6-4;1-2/h5-6H,1-4H2;1-2H,(H3,5,6,7,8);4H,2-3H2,1H3;1-2H3. The van der Waals surface area contributed by atoms with E-state index in [2.05, 4.69) is 9.97 Å². The number of H-pyrrole nitrogens is 1. The molecule has 8 nitrogen and oxygen atoms in total. The molecule has 0 saturated carbocycles. The summed E-state index contributed by atoms with van der Waals surface area (Å²) < 4.78 is 14.7. The van der Waals surface area contributed by atoms with E-state index in [4.69, 9.17) is 25.1 Å². The van der Waals surface area contributed by atoms with Gasteiger partial charge in [0, 0.05) is 12.8 Å². The van der Waals surface area contributed by atoms with Gasteiger partial charge in [-0.3, -0.25) is 4.98 Å². The van der Waals surface area contributed by atoms with Gasteiger partial charge in [-0.2, -0.15) is 0 Å². The van der Waals surface area contributed by atoms with Crippen molar-refractivity contribution < 1.29 is 19.3 Å². The lowest BCUT2D eigenvalue weighted by Gasteiger charge is -2.16. The van der Waals surface area contributed by atoms with Crippen LogP contribution in [0.5, 0.6) is 0 Å². The van der Waals surface area contributed by atoms with E-state index >= 15 is 0 Å². The second-order valence-corrected chi connectivity index (χ2v) is 4.46. The number of nitrogens with one attached hydrogen (secondary N) is 1. The number of aliphatic hydroxyl groups is 1. The molecule has 1 aromatic rings. The molecule has 0 bridgehead atoms.